The number of fused-ring (bicyclic) bond motifs is 3. The van der Waals surface area contributed by atoms with Crippen LogP contribution in [0.3, 0.4) is 0 Å². The zero-order valence-electron chi connectivity index (χ0n) is 15.1. The Labute approximate surface area is 168 Å². The number of nitrogens with one attached hydrogen (secondary N) is 1. The van der Waals surface area contributed by atoms with E-state index in [4.69, 9.17) is 9.72 Å². The molecule has 0 atom stereocenters. The molecule has 1 aliphatic carbocycles. The molecule has 2 aromatic carbocycles. The standard InChI is InChI=1S/C20H15N5OS2/c1-11-3-5-14-12(7-11)8-17-19(18(14)23-25-20-24-21-10-27-20)22-15-6-4-13(26-2)9-16(15)28-17/h3-10H,1-2H3,(H,24,25)/b23-18-. The third-order valence-corrected chi connectivity index (χ3v) is 6.12. The van der Waals surface area contributed by atoms with Crippen LogP contribution in [0.15, 0.2) is 53.1 Å². The fraction of sp³-hybridized carbons (Fsp3) is 0.100. The fourth-order valence-corrected chi connectivity index (χ4v) is 4.57. The van der Waals surface area contributed by atoms with E-state index < -0.39 is 0 Å². The first kappa shape index (κ1) is 17.0. The Balaban J connectivity index is 1.84. The zero-order valence-corrected chi connectivity index (χ0v) is 16.8. The normalized spacial score (nSPS) is 12.1. The van der Waals surface area contributed by atoms with Crippen LogP contribution >= 0.6 is 22.7 Å². The molecule has 2 aliphatic rings. The SMILES string of the molecule is COc1ccc2nc3/c(=N\Nc4nncs4)c4ccc(C)cc4cc-3sc2c1. The molecular weight excluding hydrogens is 390 g/mol. The summed E-state index contributed by atoms with van der Waals surface area (Å²) in [4.78, 5) is 5.98. The molecule has 0 saturated heterocycles. The molecule has 8 heteroatoms. The van der Waals surface area contributed by atoms with Crippen molar-refractivity contribution in [2.24, 2.45) is 5.10 Å². The highest BCUT2D eigenvalue weighted by Crippen LogP contribution is 2.33. The number of hydrogen-bond donors (Lipinski definition) is 1. The molecular formula is C20H15N5OS2. The molecule has 1 aromatic heterocycles. The molecule has 5 rings (SSSR count). The molecule has 0 radical (unpaired) electrons. The van der Waals surface area contributed by atoms with E-state index in [0.717, 1.165) is 42.7 Å². The molecule has 138 valence electrons. The van der Waals surface area contributed by atoms with E-state index in [0.29, 0.717) is 5.13 Å². The molecule has 0 fully saturated rings. The van der Waals surface area contributed by atoms with Gasteiger partial charge in [0.05, 0.1) is 22.2 Å². The van der Waals surface area contributed by atoms with E-state index in [9.17, 15) is 0 Å². The van der Waals surface area contributed by atoms with Gasteiger partial charge in [-0.15, -0.1) is 21.5 Å². The summed E-state index contributed by atoms with van der Waals surface area (Å²) in [6.45, 7) is 2.09. The molecule has 3 aromatic rings. The molecule has 0 amide bonds. The first-order valence-electron chi connectivity index (χ1n) is 8.59. The molecule has 28 heavy (non-hydrogen) atoms. The lowest BCUT2D eigenvalue weighted by Crippen LogP contribution is -2.13. The average molecular weight is 406 g/mol. The Bertz CT molecular complexity index is 1340. The highest BCUT2D eigenvalue weighted by atomic mass is 32.1. The molecule has 0 bridgehead atoms. The molecule has 0 spiro atoms. The van der Waals surface area contributed by atoms with E-state index >= 15 is 0 Å². The van der Waals surface area contributed by atoms with Crippen molar-refractivity contribution in [1.29, 1.82) is 0 Å². The van der Waals surface area contributed by atoms with Crippen molar-refractivity contribution in [2.45, 2.75) is 6.92 Å². The fourth-order valence-electron chi connectivity index (χ4n) is 3.13. The predicted molar refractivity (Wildman–Crippen MR) is 114 cm³/mol. The van der Waals surface area contributed by atoms with Crippen molar-refractivity contribution < 1.29 is 4.74 Å². The number of nitrogens with zero attached hydrogens (tertiary/aromatic N) is 4. The summed E-state index contributed by atoms with van der Waals surface area (Å²) in [5.74, 6) is 0.824. The van der Waals surface area contributed by atoms with Gasteiger partial charge in [0.25, 0.3) is 0 Å². The highest BCUT2D eigenvalue weighted by Gasteiger charge is 2.14. The molecule has 1 aliphatic heterocycles. The number of ether oxygens (including phenoxy) is 1. The van der Waals surface area contributed by atoms with E-state index in [1.165, 1.54) is 16.9 Å². The quantitative estimate of drug-likeness (QED) is 0.349. The Morgan fingerprint density at radius 1 is 1.11 bits per heavy atom. The largest absolute Gasteiger partial charge is 0.497 e. The van der Waals surface area contributed by atoms with E-state index in [1.807, 2.05) is 18.2 Å². The van der Waals surface area contributed by atoms with Crippen molar-refractivity contribution in [3.63, 3.8) is 0 Å². The second kappa shape index (κ2) is 6.81. The molecule has 1 N–H and O–H groups in total. The van der Waals surface area contributed by atoms with Gasteiger partial charge >= 0.3 is 0 Å². The summed E-state index contributed by atoms with van der Waals surface area (Å²) in [6, 6.07) is 14.4. The van der Waals surface area contributed by atoms with Gasteiger partial charge in [-0.25, -0.2) is 4.98 Å². The molecule has 6 nitrogen and oxygen atoms in total. The Hall–Kier alpha value is -3.10. The van der Waals surface area contributed by atoms with Crippen LogP contribution in [0.4, 0.5) is 5.13 Å². The van der Waals surface area contributed by atoms with Crippen LogP contribution in [0.1, 0.15) is 5.56 Å². The Kier molecular flexibility index (Phi) is 4.14. The first-order valence-corrected chi connectivity index (χ1v) is 10.3. The van der Waals surface area contributed by atoms with Gasteiger partial charge in [-0.1, -0.05) is 35.1 Å². The monoisotopic (exact) mass is 405 g/mol. The number of benzene rings is 3. The minimum atomic E-state index is 0.645. The van der Waals surface area contributed by atoms with Crippen molar-refractivity contribution in [1.82, 2.24) is 15.2 Å². The van der Waals surface area contributed by atoms with Crippen LogP contribution in [0.2, 0.25) is 0 Å². The minimum Gasteiger partial charge on any atom is -0.497 e. The molecule has 0 unspecified atom stereocenters. The van der Waals surface area contributed by atoms with Crippen molar-refractivity contribution in [3.05, 3.63) is 58.9 Å². The molecule has 0 saturated carbocycles. The van der Waals surface area contributed by atoms with Gasteiger partial charge in [0.2, 0.25) is 5.13 Å². The van der Waals surface area contributed by atoms with Gasteiger partial charge in [-0.3, -0.25) is 5.43 Å². The minimum absolute atomic E-state index is 0.645. The van der Waals surface area contributed by atoms with Crippen molar-refractivity contribution in [2.75, 3.05) is 12.5 Å². The summed E-state index contributed by atoms with van der Waals surface area (Å²) in [7, 11) is 1.67. The van der Waals surface area contributed by atoms with Crippen LogP contribution in [-0.2, 0) is 0 Å². The second-order valence-corrected chi connectivity index (χ2v) is 8.23. The van der Waals surface area contributed by atoms with Crippen LogP contribution in [0, 0.1) is 6.92 Å². The summed E-state index contributed by atoms with van der Waals surface area (Å²) in [6.07, 6.45) is 0. The second-order valence-electron chi connectivity index (χ2n) is 6.31. The van der Waals surface area contributed by atoms with E-state index in [1.54, 1.807) is 24.0 Å². The molecule has 2 heterocycles. The highest BCUT2D eigenvalue weighted by molar-refractivity contribution is 7.21. The maximum absolute atomic E-state index is 5.36. The lowest BCUT2D eigenvalue weighted by atomic mass is 10.0. The number of hydrogen-bond acceptors (Lipinski definition) is 8. The Morgan fingerprint density at radius 2 is 2.04 bits per heavy atom. The number of methoxy groups -OCH3 is 1. The smallest absolute Gasteiger partial charge is 0.225 e. The van der Waals surface area contributed by atoms with Crippen LogP contribution < -0.4 is 15.5 Å². The van der Waals surface area contributed by atoms with Gasteiger partial charge in [0.15, 0.2) is 0 Å². The van der Waals surface area contributed by atoms with Gasteiger partial charge in [-0.2, -0.15) is 5.10 Å². The zero-order chi connectivity index (χ0) is 19.1. The van der Waals surface area contributed by atoms with Crippen LogP contribution in [0.25, 0.3) is 31.6 Å². The van der Waals surface area contributed by atoms with E-state index in [-0.39, 0.29) is 0 Å². The number of anilines is 1. The Morgan fingerprint density at radius 3 is 2.86 bits per heavy atom. The summed E-state index contributed by atoms with van der Waals surface area (Å²) in [5, 5.41) is 16.1. The summed E-state index contributed by atoms with van der Waals surface area (Å²) < 4.78 is 6.43. The maximum Gasteiger partial charge on any atom is 0.225 e. The number of aryl methyl sites for hydroxylation is 1. The third kappa shape index (κ3) is 2.96. The van der Waals surface area contributed by atoms with Crippen molar-refractivity contribution in [3.8, 4) is 16.3 Å². The van der Waals surface area contributed by atoms with E-state index in [2.05, 4.69) is 51.9 Å². The lowest BCUT2D eigenvalue weighted by Gasteiger charge is -2.11. The topological polar surface area (TPSA) is 72.3 Å². The summed E-state index contributed by atoms with van der Waals surface area (Å²) >= 11 is 3.09. The lowest BCUT2D eigenvalue weighted by molar-refractivity contribution is 0.415. The third-order valence-electron chi connectivity index (χ3n) is 4.45. The first-order chi connectivity index (χ1) is 13.7. The van der Waals surface area contributed by atoms with Gasteiger partial charge in [0, 0.05) is 5.39 Å². The number of rotatable bonds is 3. The van der Waals surface area contributed by atoms with Crippen LogP contribution in [0.5, 0.6) is 5.75 Å². The van der Waals surface area contributed by atoms with Crippen molar-refractivity contribution >= 4 is 48.8 Å². The summed E-state index contributed by atoms with van der Waals surface area (Å²) in [5.41, 5.74) is 7.67. The van der Waals surface area contributed by atoms with Gasteiger partial charge in [0.1, 0.15) is 22.3 Å². The maximum atomic E-state index is 5.36. The predicted octanol–water partition coefficient (Wildman–Crippen LogP) is 4.65. The van der Waals surface area contributed by atoms with Gasteiger partial charge < -0.3 is 4.74 Å². The van der Waals surface area contributed by atoms with Gasteiger partial charge in [-0.05, 0) is 36.6 Å². The van der Waals surface area contributed by atoms with Crippen LogP contribution in [-0.4, -0.2) is 22.3 Å². The average Bonchev–Trinajstić information content (AvgIpc) is 3.22. The number of aromatic nitrogens is 3.